The minimum Gasteiger partial charge on any atom is -0.372 e. The van der Waals surface area contributed by atoms with E-state index in [1.165, 1.54) is 0 Å². The van der Waals surface area contributed by atoms with Gasteiger partial charge in [0.15, 0.2) is 0 Å². The smallest absolute Gasteiger partial charge is 0.248 e. The summed E-state index contributed by atoms with van der Waals surface area (Å²) in [7, 11) is 0. The number of ether oxygens (including phenoxy) is 1. The third-order valence-electron chi connectivity index (χ3n) is 4.91. The van der Waals surface area contributed by atoms with Crippen LogP contribution in [-0.2, 0) is 20.9 Å². The molecule has 2 atom stereocenters. The van der Waals surface area contributed by atoms with E-state index in [4.69, 9.17) is 4.74 Å². The normalized spacial score (nSPS) is 23.5. The highest BCUT2D eigenvalue weighted by Crippen LogP contribution is 2.32. The van der Waals surface area contributed by atoms with Crippen molar-refractivity contribution in [3.8, 4) is 0 Å². The highest BCUT2D eigenvalue weighted by atomic mass is 16.5. The van der Waals surface area contributed by atoms with Gasteiger partial charge >= 0.3 is 0 Å². The van der Waals surface area contributed by atoms with Crippen molar-refractivity contribution in [1.82, 2.24) is 14.8 Å². The minimum atomic E-state index is 0.0346. The summed E-state index contributed by atoms with van der Waals surface area (Å²) < 4.78 is 5.26. The summed E-state index contributed by atoms with van der Waals surface area (Å²) in [6, 6.07) is 6.08. The molecule has 0 N–H and O–H groups in total. The van der Waals surface area contributed by atoms with Crippen LogP contribution in [0.1, 0.15) is 37.6 Å². The van der Waals surface area contributed by atoms with Gasteiger partial charge < -0.3 is 14.5 Å². The lowest BCUT2D eigenvalue weighted by atomic mass is 9.96. The zero-order chi connectivity index (χ0) is 17.1. The highest BCUT2D eigenvalue weighted by Gasteiger charge is 2.44. The van der Waals surface area contributed by atoms with Crippen molar-refractivity contribution in [3.05, 3.63) is 29.6 Å². The Morgan fingerprint density at radius 3 is 2.92 bits per heavy atom. The lowest BCUT2D eigenvalue weighted by Crippen LogP contribution is -2.53. The molecule has 1 aromatic rings. The number of aryl methyl sites for hydroxylation is 1. The Bertz CT molecular complexity index is 619. The van der Waals surface area contributed by atoms with Crippen molar-refractivity contribution in [3.63, 3.8) is 0 Å². The Morgan fingerprint density at radius 2 is 2.17 bits per heavy atom. The van der Waals surface area contributed by atoms with Gasteiger partial charge in [0, 0.05) is 25.3 Å². The second kappa shape index (κ2) is 7.30. The topological polar surface area (TPSA) is 62.7 Å². The summed E-state index contributed by atoms with van der Waals surface area (Å²) >= 11 is 0. The number of fused-ring (bicyclic) bond motifs is 1. The summed E-state index contributed by atoms with van der Waals surface area (Å²) in [6.07, 6.45) is 2.07. The van der Waals surface area contributed by atoms with Crippen molar-refractivity contribution in [2.75, 3.05) is 19.8 Å². The first-order valence-corrected chi connectivity index (χ1v) is 8.69. The van der Waals surface area contributed by atoms with Crippen LogP contribution in [0.5, 0.6) is 0 Å². The van der Waals surface area contributed by atoms with E-state index >= 15 is 0 Å². The van der Waals surface area contributed by atoms with Gasteiger partial charge in [-0.3, -0.25) is 14.6 Å². The number of carbonyl (C=O) groups excluding carboxylic acids is 2. The van der Waals surface area contributed by atoms with Gasteiger partial charge in [0.1, 0.15) is 6.61 Å². The monoisotopic (exact) mass is 331 g/mol. The van der Waals surface area contributed by atoms with Crippen LogP contribution in [0.15, 0.2) is 18.2 Å². The lowest BCUT2D eigenvalue weighted by Gasteiger charge is -2.39. The molecule has 0 unspecified atom stereocenters. The first-order valence-electron chi connectivity index (χ1n) is 8.69. The van der Waals surface area contributed by atoms with E-state index in [1.54, 1.807) is 0 Å². The second-order valence-electron chi connectivity index (χ2n) is 6.48. The highest BCUT2D eigenvalue weighted by molar-refractivity contribution is 5.81. The van der Waals surface area contributed by atoms with Gasteiger partial charge in [-0.25, -0.2) is 0 Å². The summed E-state index contributed by atoms with van der Waals surface area (Å²) in [5, 5.41) is 0. The quantitative estimate of drug-likeness (QED) is 0.821. The van der Waals surface area contributed by atoms with Crippen molar-refractivity contribution >= 4 is 11.8 Å². The van der Waals surface area contributed by atoms with E-state index in [-0.39, 0.29) is 30.5 Å². The van der Waals surface area contributed by atoms with Gasteiger partial charge in [0.05, 0.1) is 24.3 Å². The van der Waals surface area contributed by atoms with E-state index in [2.05, 4.69) is 4.98 Å². The summed E-state index contributed by atoms with van der Waals surface area (Å²) in [4.78, 5) is 33.1. The Balaban J connectivity index is 1.72. The van der Waals surface area contributed by atoms with E-state index in [9.17, 15) is 9.59 Å². The molecule has 3 heterocycles. The number of pyridine rings is 1. The molecule has 0 aromatic carbocycles. The van der Waals surface area contributed by atoms with Crippen LogP contribution in [0.4, 0.5) is 0 Å². The number of amides is 2. The largest absolute Gasteiger partial charge is 0.372 e. The van der Waals surface area contributed by atoms with Crippen LogP contribution >= 0.6 is 0 Å². The Morgan fingerprint density at radius 1 is 1.33 bits per heavy atom. The SMILES string of the molecule is CCOCC(=O)N1CC[C@H]2[C@@H]1CCC(=O)N2Cc1cccc(C)n1. The van der Waals surface area contributed by atoms with Crippen LogP contribution in [-0.4, -0.2) is 58.4 Å². The Labute approximate surface area is 142 Å². The molecule has 0 bridgehead atoms. The maximum atomic E-state index is 12.4. The molecular weight excluding hydrogens is 306 g/mol. The molecule has 0 aliphatic carbocycles. The first kappa shape index (κ1) is 16.9. The summed E-state index contributed by atoms with van der Waals surface area (Å²) in [5.74, 6) is 0.200. The van der Waals surface area contributed by atoms with Gasteiger partial charge in [-0.1, -0.05) is 6.07 Å². The Kier molecular flexibility index (Phi) is 5.14. The van der Waals surface area contributed by atoms with Crippen molar-refractivity contribution in [2.45, 2.75) is 51.7 Å². The second-order valence-corrected chi connectivity index (χ2v) is 6.48. The number of rotatable bonds is 5. The van der Waals surface area contributed by atoms with Crippen LogP contribution in [0.25, 0.3) is 0 Å². The van der Waals surface area contributed by atoms with E-state index in [1.807, 2.05) is 41.8 Å². The maximum absolute atomic E-state index is 12.4. The number of aromatic nitrogens is 1. The van der Waals surface area contributed by atoms with Crippen LogP contribution in [0.3, 0.4) is 0 Å². The standard InChI is InChI=1S/C18H25N3O3/c1-3-24-12-18(23)20-10-9-16-15(20)7-8-17(22)21(16)11-14-6-4-5-13(2)19-14/h4-6,15-16H,3,7-12H2,1-2H3/t15-,16-/m0/s1. The predicted molar refractivity (Wildman–Crippen MR) is 89.2 cm³/mol. The average Bonchev–Trinajstić information content (AvgIpc) is 2.99. The fourth-order valence-electron chi connectivity index (χ4n) is 3.80. The average molecular weight is 331 g/mol. The molecule has 24 heavy (non-hydrogen) atoms. The number of hydrogen-bond donors (Lipinski definition) is 0. The third-order valence-corrected chi connectivity index (χ3v) is 4.91. The third kappa shape index (κ3) is 3.43. The van der Waals surface area contributed by atoms with Crippen molar-refractivity contribution in [2.24, 2.45) is 0 Å². The van der Waals surface area contributed by atoms with Crippen molar-refractivity contribution in [1.29, 1.82) is 0 Å². The van der Waals surface area contributed by atoms with Gasteiger partial charge in [-0.2, -0.15) is 0 Å². The van der Waals surface area contributed by atoms with Gasteiger partial charge in [0.2, 0.25) is 11.8 Å². The fraction of sp³-hybridized carbons (Fsp3) is 0.611. The van der Waals surface area contributed by atoms with Crippen LogP contribution in [0, 0.1) is 6.92 Å². The lowest BCUT2D eigenvalue weighted by molar-refractivity contribution is -0.144. The van der Waals surface area contributed by atoms with Gasteiger partial charge in [-0.15, -0.1) is 0 Å². The molecule has 6 nitrogen and oxygen atoms in total. The molecule has 130 valence electrons. The summed E-state index contributed by atoms with van der Waals surface area (Å²) in [5.41, 5.74) is 1.86. The minimum absolute atomic E-state index is 0.0346. The zero-order valence-electron chi connectivity index (χ0n) is 14.4. The number of nitrogens with zero attached hydrogens (tertiary/aromatic N) is 3. The van der Waals surface area contributed by atoms with E-state index in [0.29, 0.717) is 26.1 Å². The van der Waals surface area contributed by atoms with E-state index < -0.39 is 0 Å². The maximum Gasteiger partial charge on any atom is 0.248 e. The molecular formula is C18H25N3O3. The van der Waals surface area contributed by atoms with Gasteiger partial charge in [0.25, 0.3) is 0 Å². The number of likely N-dealkylation sites (tertiary alicyclic amines) is 2. The number of piperidine rings is 1. The number of hydrogen-bond acceptors (Lipinski definition) is 4. The first-order chi connectivity index (χ1) is 11.6. The molecule has 0 saturated carbocycles. The molecule has 2 aliphatic heterocycles. The molecule has 6 heteroatoms. The number of carbonyl (C=O) groups is 2. The molecule has 2 amide bonds. The van der Waals surface area contributed by atoms with Gasteiger partial charge in [-0.05, 0) is 38.8 Å². The Hall–Kier alpha value is -1.95. The molecule has 2 saturated heterocycles. The molecule has 2 fully saturated rings. The van der Waals surface area contributed by atoms with Crippen molar-refractivity contribution < 1.29 is 14.3 Å². The molecule has 3 rings (SSSR count). The molecule has 1 aromatic heterocycles. The molecule has 2 aliphatic rings. The summed E-state index contributed by atoms with van der Waals surface area (Å²) in [6.45, 7) is 5.73. The molecule has 0 radical (unpaired) electrons. The zero-order valence-corrected chi connectivity index (χ0v) is 14.4. The predicted octanol–water partition coefficient (Wildman–Crippen LogP) is 1.52. The van der Waals surface area contributed by atoms with E-state index in [0.717, 1.165) is 24.2 Å². The fourth-order valence-corrected chi connectivity index (χ4v) is 3.80. The van der Waals surface area contributed by atoms with Crippen LogP contribution in [0.2, 0.25) is 0 Å². The molecule has 0 spiro atoms. The van der Waals surface area contributed by atoms with Crippen LogP contribution < -0.4 is 0 Å².